The lowest BCUT2D eigenvalue weighted by atomic mass is 9.89. The van der Waals surface area contributed by atoms with E-state index in [0.717, 1.165) is 11.7 Å². The van der Waals surface area contributed by atoms with Crippen LogP contribution < -0.4 is 4.74 Å². The summed E-state index contributed by atoms with van der Waals surface area (Å²) in [5, 5.41) is 0. The van der Waals surface area contributed by atoms with Gasteiger partial charge in [-0.05, 0) is 68.1 Å². The Balaban J connectivity index is 1.91. The minimum absolute atomic E-state index is 0.440. The van der Waals surface area contributed by atoms with Crippen LogP contribution in [-0.4, -0.2) is 6.10 Å². The van der Waals surface area contributed by atoms with Crippen molar-refractivity contribution in [3.63, 3.8) is 0 Å². The Morgan fingerprint density at radius 3 is 2.11 bits per heavy atom. The van der Waals surface area contributed by atoms with Crippen LogP contribution in [0.2, 0.25) is 0 Å². The van der Waals surface area contributed by atoms with Crippen LogP contribution in [0.4, 0.5) is 0 Å². The first kappa shape index (κ1) is 14.4. The van der Waals surface area contributed by atoms with E-state index in [0.29, 0.717) is 12.0 Å². The Hall–Kier alpha value is -0.980. The average molecular weight is 260 g/mol. The molecule has 1 saturated carbocycles. The molecule has 0 unspecified atom stereocenters. The Labute approximate surface area is 118 Å². The summed E-state index contributed by atoms with van der Waals surface area (Å²) >= 11 is 0. The van der Waals surface area contributed by atoms with Gasteiger partial charge in [0.05, 0.1) is 6.10 Å². The van der Waals surface area contributed by atoms with Crippen molar-refractivity contribution in [2.24, 2.45) is 5.92 Å². The largest absolute Gasteiger partial charge is 0.490 e. The molecule has 1 heteroatoms. The number of rotatable bonds is 5. The minimum Gasteiger partial charge on any atom is -0.490 e. The van der Waals surface area contributed by atoms with E-state index in [9.17, 15) is 0 Å². The zero-order valence-electron chi connectivity index (χ0n) is 12.7. The quantitative estimate of drug-likeness (QED) is 0.674. The number of ether oxygens (including phenoxy) is 1. The first-order valence-corrected chi connectivity index (χ1v) is 7.99. The van der Waals surface area contributed by atoms with E-state index in [1.807, 2.05) is 0 Å². The van der Waals surface area contributed by atoms with E-state index in [-0.39, 0.29) is 0 Å². The first-order chi connectivity index (χ1) is 9.22. The zero-order valence-corrected chi connectivity index (χ0v) is 12.7. The maximum absolute atomic E-state index is 6.11. The summed E-state index contributed by atoms with van der Waals surface area (Å²) < 4.78 is 6.11. The monoisotopic (exact) mass is 260 g/mol. The lowest BCUT2D eigenvalue weighted by molar-refractivity contribution is 0.135. The van der Waals surface area contributed by atoms with Crippen molar-refractivity contribution < 1.29 is 4.74 Å². The molecule has 0 saturated heterocycles. The molecular formula is C18H28O. The van der Waals surface area contributed by atoms with Gasteiger partial charge in [-0.2, -0.15) is 0 Å². The van der Waals surface area contributed by atoms with Gasteiger partial charge in [0.1, 0.15) is 5.75 Å². The molecule has 1 aromatic rings. The molecule has 1 nitrogen and oxygen atoms in total. The molecule has 19 heavy (non-hydrogen) atoms. The van der Waals surface area contributed by atoms with Gasteiger partial charge in [-0.1, -0.05) is 32.9 Å². The van der Waals surface area contributed by atoms with E-state index in [2.05, 4.69) is 45.0 Å². The Kier molecular flexibility index (Phi) is 5.30. The Bertz CT molecular complexity index is 356. The van der Waals surface area contributed by atoms with Crippen molar-refractivity contribution in [1.29, 1.82) is 0 Å². The molecule has 1 aromatic carbocycles. The van der Waals surface area contributed by atoms with Crippen LogP contribution in [0.1, 0.15) is 70.8 Å². The minimum atomic E-state index is 0.440. The van der Waals surface area contributed by atoms with E-state index in [1.165, 1.54) is 44.1 Å². The summed E-state index contributed by atoms with van der Waals surface area (Å²) in [7, 11) is 0. The maximum Gasteiger partial charge on any atom is 0.119 e. The van der Waals surface area contributed by atoms with Crippen LogP contribution in [0.3, 0.4) is 0 Å². The van der Waals surface area contributed by atoms with Crippen LogP contribution in [0.25, 0.3) is 0 Å². The molecule has 0 heterocycles. The van der Waals surface area contributed by atoms with Crippen LogP contribution in [-0.2, 0) is 0 Å². The van der Waals surface area contributed by atoms with E-state index in [4.69, 9.17) is 4.74 Å². The van der Waals surface area contributed by atoms with Gasteiger partial charge in [0, 0.05) is 0 Å². The van der Waals surface area contributed by atoms with Gasteiger partial charge in [0.2, 0.25) is 0 Å². The summed E-state index contributed by atoms with van der Waals surface area (Å²) in [6.45, 7) is 6.88. The average Bonchev–Trinajstić information content (AvgIpc) is 2.44. The SMILES string of the molecule is CCC(CC)c1ccc(OC2CCC(C)CC2)cc1. The maximum atomic E-state index is 6.11. The van der Waals surface area contributed by atoms with Gasteiger partial charge >= 0.3 is 0 Å². The van der Waals surface area contributed by atoms with E-state index >= 15 is 0 Å². The van der Waals surface area contributed by atoms with Crippen LogP contribution >= 0.6 is 0 Å². The standard InChI is InChI=1S/C18H28O/c1-4-15(5-2)16-8-12-18(13-9-16)19-17-10-6-14(3)7-11-17/h8-9,12-15,17H,4-7,10-11H2,1-3H3. The molecule has 0 aliphatic heterocycles. The molecule has 0 aromatic heterocycles. The molecule has 0 spiro atoms. The van der Waals surface area contributed by atoms with Crippen molar-refractivity contribution in [1.82, 2.24) is 0 Å². The second-order valence-corrected chi connectivity index (χ2v) is 6.08. The normalized spacial score (nSPS) is 23.6. The van der Waals surface area contributed by atoms with Gasteiger partial charge < -0.3 is 4.74 Å². The van der Waals surface area contributed by atoms with Crippen molar-refractivity contribution in [3.8, 4) is 5.75 Å². The summed E-state index contributed by atoms with van der Waals surface area (Å²) in [4.78, 5) is 0. The molecule has 0 N–H and O–H groups in total. The molecule has 106 valence electrons. The highest BCUT2D eigenvalue weighted by Crippen LogP contribution is 2.29. The molecule has 1 aliphatic carbocycles. The smallest absolute Gasteiger partial charge is 0.119 e. The van der Waals surface area contributed by atoms with Crippen molar-refractivity contribution in [2.45, 2.75) is 71.3 Å². The number of hydrogen-bond acceptors (Lipinski definition) is 1. The molecule has 0 radical (unpaired) electrons. The molecule has 1 fully saturated rings. The Morgan fingerprint density at radius 1 is 1.00 bits per heavy atom. The molecule has 0 atom stereocenters. The first-order valence-electron chi connectivity index (χ1n) is 7.99. The van der Waals surface area contributed by atoms with Gasteiger partial charge in [0.25, 0.3) is 0 Å². The summed E-state index contributed by atoms with van der Waals surface area (Å²) in [5.74, 6) is 2.64. The topological polar surface area (TPSA) is 9.23 Å². The second-order valence-electron chi connectivity index (χ2n) is 6.08. The van der Waals surface area contributed by atoms with Gasteiger partial charge in [-0.3, -0.25) is 0 Å². The van der Waals surface area contributed by atoms with Gasteiger partial charge in [-0.25, -0.2) is 0 Å². The van der Waals surface area contributed by atoms with Gasteiger partial charge in [0.15, 0.2) is 0 Å². The van der Waals surface area contributed by atoms with Crippen LogP contribution in [0.15, 0.2) is 24.3 Å². The van der Waals surface area contributed by atoms with Crippen LogP contribution in [0.5, 0.6) is 5.75 Å². The predicted octanol–water partition coefficient (Wildman–Crippen LogP) is 5.55. The fourth-order valence-corrected chi connectivity index (χ4v) is 3.12. The molecule has 0 amide bonds. The highest BCUT2D eigenvalue weighted by atomic mass is 16.5. The number of benzene rings is 1. The molecule has 1 aliphatic rings. The second kappa shape index (κ2) is 6.98. The van der Waals surface area contributed by atoms with Crippen molar-refractivity contribution >= 4 is 0 Å². The van der Waals surface area contributed by atoms with Crippen molar-refractivity contribution in [3.05, 3.63) is 29.8 Å². The summed E-state index contributed by atoms with van der Waals surface area (Å²) in [6, 6.07) is 8.81. The van der Waals surface area contributed by atoms with Gasteiger partial charge in [-0.15, -0.1) is 0 Å². The summed E-state index contributed by atoms with van der Waals surface area (Å²) in [5.41, 5.74) is 1.45. The summed E-state index contributed by atoms with van der Waals surface area (Å²) in [6.07, 6.45) is 7.95. The van der Waals surface area contributed by atoms with E-state index in [1.54, 1.807) is 0 Å². The van der Waals surface area contributed by atoms with E-state index < -0.39 is 0 Å². The molecular weight excluding hydrogens is 232 g/mol. The zero-order chi connectivity index (χ0) is 13.7. The lowest BCUT2D eigenvalue weighted by Crippen LogP contribution is -2.22. The lowest BCUT2D eigenvalue weighted by Gasteiger charge is -2.27. The highest BCUT2D eigenvalue weighted by molar-refractivity contribution is 5.29. The molecule has 0 bridgehead atoms. The fourth-order valence-electron chi connectivity index (χ4n) is 3.12. The predicted molar refractivity (Wildman–Crippen MR) is 81.8 cm³/mol. The third-order valence-electron chi connectivity index (χ3n) is 4.60. The molecule has 2 rings (SSSR count). The van der Waals surface area contributed by atoms with Crippen LogP contribution in [0, 0.1) is 5.92 Å². The van der Waals surface area contributed by atoms with Crippen molar-refractivity contribution in [2.75, 3.05) is 0 Å². The fraction of sp³-hybridized carbons (Fsp3) is 0.667. The Morgan fingerprint density at radius 2 is 1.58 bits per heavy atom. The third-order valence-corrected chi connectivity index (χ3v) is 4.60. The highest BCUT2D eigenvalue weighted by Gasteiger charge is 2.19. The third kappa shape index (κ3) is 3.99. The number of hydrogen-bond donors (Lipinski definition) is 0.